The van der Waals surface area contributed by atoms with E-state index in [1.807, 2.05) is 11.3 Å². The first kappa shape index (κ1) is 15.3. The van der Waals surface area contributed by atoms with Crippen molar-refractivity contribution in [3.05, 3.63) is 15.4 Å². The van der Waals surface area contributed by atoms with E-state index in [4.69, 9.17) is 0 Å². The molecule has 0 spiro atoms. The van der Waals surface area contributed by atoms with Gasteiger partial charge >= 0.3 is 103 Å². The number of hydrogen-bond acceptors (Lipinski definition) is 1. The van der Waals surface area contributed by atoms with E-state index in [9.17, 15) is 0 Å². The summed E-state index contributed by atoms with van der Waals surface area (Å²) in [7, 11) is 0. The van der Waals surface area contributed by atoms with Crippen molar-refractivity contribution in [2.75, 3.05) is 0 Å². The van der Waals surface area contributed by atoms with Gasteiger partial charge in [-0.15, -0.1) is 17.0 Å². The topological polar surface area (TPSA) is 0 Å². The summed E-state index contributed by atoms with van der Waals surface area (Å²) in [5.74, 6) is 0. The molecule has 0 unspecified atom stereocenters. The number of halogens is 2. The van der Waals surface area contributed by atoms with Crippen LogP contribution in [-0.4, -0.2) is 0 Å². The van der Waals surface area contributed by atoms with Crippen LogP contribution < -0.4 is 3.47 Å². The van der Waals surface area contributed by atoms with Gasteiger partial charge in [0.1, 0.15) is 0 Å². The number of unbranched alkanes of at least 4 members (excludes halogenated alkanes) is 3. The van der Waals surface area contributed by atoms with Crippen LogP contribution in [0.25, 0.3) is 0 Å². The van der Waals surface area contributed by atoms with Crippen molar-refractivity contribution >= 4 is 47.7 Å². The first-order valence-corrected chi connectivity index (χ1v) is 7.93. The Morgan fingerprint density at radius 1 is 1.36 bits per heavy atom. The summed E-state index contributed by atoms with van der Waals surface area (Å²) >= 11 is 6.75. The maximum atomic E-state index is 3.54. The quantitative estimate of drug-likeness (QED) is 0.515. The molecule has 1 aromatic rings. The normalized spacial score (nSPS) is 10.0. The number of thiophene rings is 1. The second kappa shape index (κ2) is 8.44. The van der Waals surface area contributed by atoms with Gasteiger partial charge in [0.05, 0.1) is 0 Å². The summed E-state index contributed by atoms with van der Waals surface area (Å²) in [5, 5.41) is 0. The SMILES string of the molecule is Br.CCCCCCc1cc(Br)s[c]1[Zn]. The molecule has 0 aliphatic carbocycles. The Kier molecular flexibility index (Phi) is 9.21. The van der Waals surface area contributed by atoms with Crippen LogP contribution in [0.5, 0.6) is 0 Å². The molecule has 0 radical (unpaired) electrons. The molecule has 1 rings (SSSR count). The van der Waals surface area contributed by atoms with Crippen LogP contribution in [0.2, 0.25) is 0 Å². The molecule has 1 aromatic heterocycles. The summed E-state index contributed by atoms with van der Waals surface area (Å²) in [5.41, 5.74) is 1.59. The number of rotatable bonds is 5. The molecule has 0 nitrogen and oxygen atoms in total. The summed E-state index contributed by atoms with van der Waals surface area (Å²) in [6.45, 7) is 2.26. The molecule has 0 saturated carbocycles. The van der Waals surface area contributed by atoms with Crippen LogP contribution in [-0.2, 0) is 24.7 Å². The molecule has 0 aliphatic rings. The molecule has 0 amide bonds. The van der Waals surface area contributed by atoms with Crippen molar-refractivity contribution < 1.29 is 18.3 Å². The van der Waals surface area contributed by atoms with Crippen molar-refractivity contribution in [1.82, 2.24) is 0 Å². The fourth-order valence-corrected chi connectivity index (χ4v) is 5.87. The van der Waals surface area contributed by atoms with Gasteiger partial charge in [-0.25, -0.2) is 0 Å². The Hall–Kier alpha value is 1.28. The predicted molar refractivity (Wildman–Crippen MR) is 69.8 cm³/mol. The molecule has 0 atom stereocenters. The second-order valence-electron chi connectivity index (χ2n) is 3.31. The second-order valence-corrected chi connectivity index (χ2v) is 8.38. The summed E-state index contributed by atoms with van der Waals surface area (Å²) in [6.07, 6.45) is 6.77. The molecule has 0 N–H and O–H groups in total. The molecule has 0 aliphatic heterocycles. The fraction of sp³-hybridized carbons (Fsp3) is 0.600. The monoisotopic (exact) mass is 389 g/mol. The van der Waals surface area contributed by atoms with Gasteiger partial charge in [0.2, 0.25) is 0 Å². The van der Waals surface area contributed by atoms with E-state index >= 15 is 0 Å². The molecule has 4 heteroatoms. The van der Waals surface area contributed by atoms with Gasteiger partial charge < -0.3 is 0 Å². The van der Waals surface area contributed by atoms with Crippen molar-refractivity contribution in [3.8, 4) is 0 Å². The molecule has 14 heavy (non-hydrogen) atoms. The van der Waals surface area contributed by atoms with Crippen LogP contribution in [0.4, 0.5) is 0 Å². The van der Waals surface area contributed by atoms with E-state index in [2.05, 4.69) is 28.9 Å². The Morgan fingerprint density at radius 2 is 2.07 bits per heavy atom. The third-order valence-electron chi connectivity index (χ3n) is 2.17. The van der Waals surface area contributed by atoms with Crippen LogP contribution in [0, 0.1) is 0 Å². The van der Waals surface area contributed by atoms with Crippen LogP contribution in [0.3, 0.4) is 0 Å². The fourth-order valence-electron chi connectivity index (χ4n) is 1.38. The minimum atomic E-state index is 0. The molecule has 0 saturated heterocycles. The van der Waals surface area contributed by atoms with Crippen molar-refractivity contribution in [1.29, 1.82) is 0 Å². The van der Waals surface area contributed by atoms with Gasteiger partial charge in [0.25, 0.3) is 0 Å². The summed E-state index contributed by atoms with van der Waals surface area (Å²) in [4.78, 5) is 0. The third-order valence-corrected chi connectivity index (χ3v) is 5.56. The summed E-state index contributed by atoms with van der Waals surface area (Å²) < 4.78 is 2.91. The summed E-state index contributed by atoms with van der Waals surface area (Å²) in [6, 6.07) is 2.30. The van der Waals surface area contributed by atoms with Gasteiger partial charge in [0.15, 0.2) is 0 Å². The average Bonchev–Trinajstić information content (AvgIpc) is 2.39. The molecule has 0 fully saturated rings. The van der Waals surface area contributed by atoms with Gasteiger partial charge in [0, 0.05) is 0 Å². The Labute approximate surface area is 119 Å². The molecule has 0 bridgehead atoms. The van der Waals surface area contributed by atoms with E-state index < -0.39 is 0 Å². The van der Waals surface area contributed by atoms with Crippen LogP contribution in [0.15, 0.2) is 9.85 Å². The Bertz CT molecular complexity index is 261. The van der Waals surface area contributed by atoms with Gasteiger partial charge in [-0.2, -0.15) is 0 Å². The number of aryl methyl sites for hydroxylation is 1. The van der Waals surface area contributed by atoms with Crippen LogP contribution >= 0.6 is 44.2 Å². The predicted octanol–water partition coefficient (Wildman–Crippen LogP) is 4.38. The minimum absolute atomic E-state index is 0. The zero-order valence-corrected chi connectivity index (χ0v) is 15.6. The van der Waals surface area contributed by atoms with Gasteiger partial charge in [-0.05, 0) is 0 Å². The zero-order valence-electron chi connectivity index (χ0n) is 8.51. The number of hydrogen-bond donors (Lipinski definition) is 0. The van der Waals surface area contributed by atoms with Crippen LogP contribution in [0.1, 0.15) is 38.2 Å². The third kappa shape index (κ3) is 5.39. The molecular formula is C10H15Br2SZn. The van der Waals surface area contributed by atoms with Gasteiger partial charge in [-0.3, -0.25) is 0 Å². The molecule has 77 valence electrons. The van der Waals surface area contributed by atoms with E-state index in [1.165, 1.54) is 54.2 Å². The molecular weight excluding hydrogens is 377 g/mol. The standard InChI is InChI=1S/C10H14BrS.BrH.Zn/c1-2-3-4-5-6-9-7-10(11)12-8-9;;/h7H,2-6H2,1H3;1H;. The maximum absolute atomic E-state index is 3.54. The average molecular weight is 392 g/mol. The van der Waals surface area contributed by atoms with Crippen molar-refractivity contribution in [2.24, 2.45) is 0 Å². The van der Waals surface area contributed by atoms with E-state index in [-0.39, 0.29) is 17.0 Å². The van der Waals surface area contributed by atoms with E-state index in [0.29, 0.717) is 0 Å². The van der Waals surface area contributed by atoms with Crippen molar-refractivity contribution in [2.45, 2.75) is 39.0 Å². The zero-order chi connectivity index (χ0) is 9.68. The Morgan fingerprint density at radius 3 is 2.57 bits per heavy atom. The Balaban J connectivity index is 0.00000169. The van der Waals surface area contributed by atoms with Crippen molar-refractivity contribution in [3.63, 3.8) is 0 Å². The van der Waals surface area contributed by atoms with E-state index in [0.717, 1.165) is 0 Å². The molecule has 1 heterocycles. The van der Waals surface area contributed by atoms with E-state index in [1.54, 1.807) is 9.03 Å². The molecule has 0 aromatic carbocycles. The van der Waals surface area contributed by atoms with Gasteiger partial charge in [-0.1, -0.05) is 0 Å². The first-order valence-electron chi connectivity index (χ1n) is 4.84. The first-order chi connectivity index (χ1) is 6.24.